The van der Waals surface area contributed by atoms with Crippen molar-refractivity contribution in [2.45, 2.75) is 44.4 Å². The molecule has 0 radical (unpaired) electrons. The summed E-state index contributed by atoms with van der Waals surface area (Å²) in [4.78, 5) is 2.44. The van der Waals surface area contributed by atoms with E-state index in [1.54, 1.807) is 0 Å². The van der Waals surface area contributed by atoms with Crippen LogP contribution in [-0.2, 0) is 14.2 Å². The number of aliphatic hydroxyl groups excluding tert-OH is 1. The quantitative estimate of drug-likeness (QED) is 0.789. The average molecular weight is 285 g/mol. The Morgan fingerprint density at radius 2 is 2.15 bits per heavy atom. The van der Waals surface area contributed by atoms with Gasteiger partial charge in [0.05, 0.1) is 25.9 Å². The molecule has 1 N–H and O–H groups in total. The molecule has 2 unspecified atom stereocenters. The second-order valence-corrected chi connectivity index (χ2v) is 6.49. The molecule has 1 aliphatic carbocycles. The fourth-order valence-corrected chi connectivity index (χ4v) is 3.09. The summed E-state index contributed by atoms with van der Waals surface area (Å²) >= 11 is 0. The molecule has 0 spiro atoms. The molecule has 0 aromatic carbocycles. The predicted molar refractivity (Wildman–Crippen MR) is 74.5 cm³/mol. The van der Waals surface area contributed by atoms with E-state index < -0.39 is 0 Å². The molecule has 20 heavy (non-hydrogen) atoms. The third-order valence-electron chi connectivity index (χ3n) is 4.79. The molecule has 3 aliphatic rings. The maximum absolute atomic E-state index is 9.50. The first kappa shape index (κ1) is 14.7. The first-order valence-electron chi connectivity index (χ1n) is 7.97. The number of hydrogen-bond donors (Lipinski definition) is 1. The number of nitrogens with zero attached hydrogens (tertiary/aromatic N) is 1. The zero-order valence-corrected chi connectivity index (χ0v) is 12.3. The monoisotopic (exact) mass is 285 g/mol. The van der Waals surface area contributed by atoms with Gasteiger partial charge >= 0.3 is 0 Å². The first-order valence-corrected chi connectivity index (χ1v) is 7.97. The van der Waals surface area contributed by atoms with Gasteiger partial charge in [0.2, 0.25) is 0 Å². The van der Waals surface area contributed by atoms with Crippen molar-refractivity contribution < 1.29 is 19.3 Å². The third-order valence-corrected chi connectivity index (χ3v) is 4.79. The van der Waals surface area contributed by atoms with E-state index in [9.17, 15) is 5.11 Å². The summed E-state index contributed by atoms with van der Waals surface area (Å²) < 4.78 is 17.1. The highest BCUT2D eigenvalue weighted by atomic mass is 16.7. The zero-order chi connectivity index (χ0) is 13.8. The summed E-state index contributed by atoms with van der Waals surface area (Å²) in [7, 11) is 0. The molecule has 116 valence electrons. The highest BCUT2D eigenvalue weighted by Gasteiger charge is 2.44. The summed E-state index contributed by atoms with van der Waals surface area (Å²) in [5.74, 6) is 0. The Balaban J connectivity index is 1.47. The van der Waals surface area contributed by atoms with Crippen LogP contribution in [0.2, 0.25) is 0 Å². The predicted octanol–water partition coefficient (Wildman–Crippen LogP) is 1.00. The maximum atomic E-state index is 9.50. The van der Waals surface area contributed by atoms with E-state index >= 15 is 0 Å². The van der Waals surface area contributed by atoms with E-state index in [-0.39, 0.29) is 11.7 Å². The van der Waals surface area contributed by atoms with Gasteiger partial charge in [0.15, 0.2) is 6.29 Å². The Morgan fingerprint density at radius 1 is 1.25 bits per heavy atom. The maximum Gasteiger partial charge on any atom is 0.157 e. The van der Waals surface area contributed by atoms with Crippen LogP contribution in [0.4, 0.5) is 0 Å². The fourth-order valence-electron chi connectivity index (χ4n) is 3.09. The normalized spacial score (nSPS) is 34.0. The molecule has 2 saturated heterocycles. The summed E-state index contributed by atoms with van der Waals surface area (Å²) in [5.41, 5.74) is 0.164. The molecule has 1 saturated carbocycles. The van der Waals surface area contributed by atoms with Crippen molar-refractivity contribution in [1.29, 1.82) is 0 Å². The van der Waals surface area contributed by atoms with Gasteiger partial charge in [-0.2, -0.15) is 0 Å². The zero-order valence-electron chi connectivity index (χ0n) is 12.3. The Hall–Kier alpha value is -0.200. The smallest absolute Gasteiger partial charge is 0.157 e. The second kappa shape index (κ2) is 6.71. The molecule has 0 amide bonds. The molecule has 3 fully saturated rings. The lowest BCUT2D eigenvalue weighted by Gasteiger charge is -2.38. The second-order valence-electron chi connectivity index (χ2n) is 6.49. The van der Waals surface area contributed by atoms with E-state index in [0.29, 0.717) is 19.3 Å². The van der Waals surface area contributed by atoms with Crippen LogP contribution in [-0.4, -0.2) is 68.5 Å². The largest absolute Gasteiger partial charge is 0.396 e. The number of ether oxygens (including phenoxy) is 3. The molecule has 0 aromatic heterocycles. The number of rotatable bonds is 6. The highest BCUT2D eigenvalue weighted by Crippen LogP contribution is 2.46. The van der Waals surface area contributed by atoms with Crippen LogP contribution in [0, 0.1) is 5.41 Å². The van der Waals surface area contributed by atoms with Gasteiger partial charge < -0.3 is 19.3 Å². The summed E-state index contributed by atoms with van der Waals surface area (Å²) in [6, 6.07) is 0.304. The van der Waals surface area contributed by atoms with Crippen molar-refractivity contribution in [3.05, 3.63) is 0 Å². The first-order chi connectivity index (χ1) is 9.81. The lowest BCUT2D eigenvalue weighted by Crippen LogP contribution is -2.51. The van der Waals surface area contributed by atoms with Crippen LogP contribution in [0.15, 0.2) is 0 Å². The van der Waals surface area contributed by atoms with Crippen LogP contribution in [0.1, 0.15) is 32.1 Å². The standard InChI is InChI=1S/C15H27NO4/c17-12-15(4-5-15)11-16-6-8-18-9-13(16)10-20-14-3-1-2-7-19-14/h13-14,17H,1-12H2. The van der Waals surface area contributed by atoms with Gasteiger partial charge in [-0.05, 0) is 32.1 Å². The van der Waals surface area contributed by atoms with Gasteiger partial charge in [-0.15, -0.1) is 0 Å². The summed E-state index contributed by atoms with van der Waals surface area (Å²) in [5, 5.41) is 9.50. The Morgan fingerprint density at radius 3 is 2.85 bits per heavy atom. The number of morpholine rings is 1. The van der Waals surface area contributed by atoms with Gasteiger partial charge in [0.25, 0.3) is 0 Å². The average Bonchev–Trinajstić information content (AvgIpc) is 3.28. The lowest BCUT2D eigenvalue weighted by molar-refractivity contribution is -0.179. The molecular weight excluding hydrogens is 258 g/mol. The molecule has 0 aromatic rings. The van der Waals surface area contributed by atoms with Crippen molar-refractivity contribution in [3.8, 4) is 0 Å². The highest BCUT2D eigenvalue weighted by molar-refractivity contribution is 4.96. The Labute approximate surface area is 121 Å². The molecule has 5 heteroatoms. The molecule has 5 nitrogen and oxygen atoms in total. The van der Waals surface area contributed by atoms with E-state index in [4.69, 9.17) is 14.2 Å². The van der Waals surface area contributed by atoms with Crippen molar-refractivity contribution in [1.82, 2.24) is 4.90 Å². The van der Waals surface area contributed by atoms with Crippen molar-refractivity contribution >= 4 is 0 Å². The SMILES string of the molecule is OCC1(CN2CCOCC2COC2CCCCO2)CC1. The van der Waals surface area contributed by atoms with Crippen LogP contribution in [0.3, 0.4) is 0 Å². The van der Waals surface area contributed by atoms with Crippen LogP contribution >= 0.6 is 0 Å². The molecule has 2 aliphatic heterocycles. The van der Waals surface area contributed by atoms with Crippen LogP contribution in [0.5, 0.6) is 0 Å². The van der Waals surface area contributed by atoms with Gasteiger partial charge in [0.1, 0.15) is 0 Å². The Kier molecular flexibility index (Phi) is 4.94. The minimum absolute atomic E-state index is 0.0275. The lowest BCUT2D eigenvalue weighted by atomic mass is 10.1. The van der Waals surface area contributed by atoms with Crippen molar-refractivity contribution in [2.75, 3.05) is 46.1 Å². The summed E-state index contributed by atoms with van der Waals surface area (Å²) in [6.45, 7) is 5.25. The minimum Gasteiger partial charge on any atom is -0.396 e. The van der Waals surface area contributed by atoms with Gasteiger partial charge in [0, 0.05) is 31.7 Å². The molecule has 3 rings (SSSR count). The summed E-state index contributed by atoms with van der Waals surface area (Å²) in [6.07, 6.45) is 5.63. The minimum atomic E-state index is -0.0275. The number of aliphatic hydroxyl groups is 1. The van der Waals surface area contributed by atoms with E-state index in [1.807, 2.05) is 0 Å². The third kappa shape index (κ3) is 3.71. The molecular formula is C15H27NO4. The van der Waals surface area contributed by atoms with E-state index in [2.05, 4.69) is 4.90 Å². The van der Waals surface area contributed by atoms with Crippen LogP contribution in [0.25, 0.3) is 0 Å². The molecule has 2 heterocycles. The molecule has 0 bridgehead atoms. The molecule has 2 atom stereocenters. The topological polar surface area (TPSA) is 51.2 Å². The van der Waals surface area contributed by atoms with E-state index in [0.717, 1.165) is 58.6 Å². The van der Waals surface area contributed by atoms with Gasteiger partial charge in [-0.1, -0.05) is 0 Å². The number of hydrogen-bond acceptors (Lipinski definition) is 5. The van der Waals surface area contributed by atoms with Crippen molar-refractivity contribution in [2.24, 2.45) is 5.41 Å². The van der Waals surface area contributed by atoms with Gasteiger partial charge in [-0.3, -0.25) is 4.90 Å². The van der Waals surface area contributed by atoms with E-state index in [1.165, 1.54) is 6.42 Å². The fraction of sp³-hybridized carbons (Fsp3) is 1.00. The van der Waals surface area contributed by atoms with Crippen molar-refractivity contribution in [3.63, 3.8) is 0 Å². The van der Waals surface area contributed by atoms with Gasteiger partial charge in [-0.25, -0.2) is 0 Å². The van der Waals surface area contributed by atoms with Crippen LogP contribution < -0.4 is 0 Å². The Bertz CT molecular complexity index is 302.